The van der Waals surface area contributed by atoms with Crippen LogP contribution in [-0.4, -0.2) is 29.3 Å². The first-order valence-corrected chi connectivity index (χ1v) is 5.93. The lowest BCUT2D eigenvalue weighted by Crippen LogP contribution is -2.08. The number of carbonyl (C=O) groups excluding carboxylic acids is 1. The van der Waals surface area contributed by atoms with Crippen LogP contribution in [0, 0.1) is 0 Å². The Balaban J connectivity index is 2.52. The number of carboxylic acids is 1. The Bertz CT molecular complexity index is 550. The summed E-state index contributed by atoms with van der Waals surface area (Å²) in [7, 11) is 0. The van der Waals surface area contributed by atoms with Crippen molar-refractivity contribution in [1.29, 1.82) is 0 Å². The van der Waals surface area contributed by atoms with Gasteiger partial charge in [0.05, 0.1) is 0 Å². The van der Waals surface area contributed by atoms with Crippen LogP contribution in [0.3, 0.4) is 0 Å². The molecule has 106 valence electrons. The van der Waals surface area contributed by atoms with E-state index in [1.165, 1.54) is 13.8 Å². The van der Waals surface area contributed by atoms with Crippen molar-refractivity contribution in [3.8, 4) is 0 Å². The number of anilines is 1. The molecule has 1 aromatic carbocycles. The van der Waals surface area contributed by atoms with E-state index in [0.29, 0.717) is 5.69 Å². The van der Waals surface area contributed by atoms with Gasteiger partial charge in [0.15, 0.2) is 5.71 Å². The number of carbonyl (C=O) groups is 2. The smallest absolute Gasteiger partial charge is 0.353 e. The van der Waals surface area contributed by atoms with Gasteiger partial charge in [-0.05, 0) is 30.7 Å². The van der Waals surface area contributed by atoms with Crippen molar-refractivity contribution in [3.63, 3.8) is 0 Å². The van der Waals surface area contributed by atoms with Crippen LogP contribution in [0.15, 0.2) is 35.5 Å². The molecule has 0 saturated carbocycles. The maximum atomic E-state index is 10.9. The number of hydrogen-bond donors (Lipinski definition) is 2. The lowest BCUT2D eigenvalue weighted by molar-refractivity contribution is -0.129. The average molecular weight is 276 g/mol. The van der Waals surface area contributed by atoms with E-state index < -0.39 is 5.97 Å². The maximum Gasteiger partial charge on any atom is 0.353 e. The molecule has 1 rings (SSSR count). The molecule has 0 aliphatic heterocycles. The Hall–Kier alpha value is -2.63. The second kappa shape index (κ2) is 7.73. The topological polar surface area (TPSA) is 88.0 Å². The first kappa shape index (κ1) is 15.4. The minimum absolute atomic E-state index is 0.106. The van der Waals surface area contributed by atoms with Crippen molar-refractivity contribution in [1.82, 2.24) is 0 Å². The van der Waals surface area contributed by atoms with Crippen LogP contribution < -0.4 is 5.32 Å². The van der Waals surface area contributed by atoms with Crippen LogP contribution in [-0.2, 0) is 14.4 Å². The number of nitrogens with zero attached hydrogens (tertiary/aromatic N) is 1. The number of oxime groups is 1. The largest absolute Gasteiger partial charge is 0.477 e. The van der Waals surface area contributed by atoms with Crippen LogP contribution in [0.5, 0.6) is 0 Å². The van der Waals surface area contributed by atoms with E-state index in [4.69, 9.17) is 9.94 Å². The van der Waals surface area contributed by atoms with Gasteiger partial charge in [-0.1, -0.05) is 23.4 Å². The SMILES string of the molecule is CC(=O)Nc1cccc(/C=C/CO/N=C(/C)C(=O)O)c1. The minimum atomic E-state index is -1.11. The zero-order chi connectivity index (χ0) is 15.0. The molecule has 6 heteroatoms. The van der Waals surface area contributed by atoms with Crippen LogP contribution in [0.4, 0.5) is 5.69 Å². The number of amides is 1. The molecule has 20 heavy (non-hydrogen) atoms. The fourth-order valence-corrected chi connectivity index (χ4v) is 1.32. The van der Waals surface area contributed by atoms with Crippen LogP contribution in [0.2, 0.25) is 0 Å². The summed E-state index contributed by atoms with van der Waals surface area (Å²) in [6.45, 7) is 2.96. The van der Waals surface area contributed by atoms with Gasteiger partial charge in [-0.2, -0.15) is 0 Å². The van der Waals surface area contributed by atoms with Gasteiger partial charge in [0.2, 0.25) is 5.91 Å². The molecule has 0 unspecified atom stereocenters. The molecule has 0 atom stereocenters. The Morgan fingerprint density at radius 2 is 2.15 bits per heavy atom. The maximum absolute atomic E-state index is 10.9. The third kappa shape index (κ3) is 5.81. The third-order valence-electron chi connectivity index (χ3n) is 2.20. The normalized spacial score (nSPS) is 11.4. The molecule has 0 aliphatic rings. The van der Waals surface area contributed by atoms with Crippen molar-refractivity contribution in [3.05, 3.63) is 35.9 Å². The summed E-state index contributed by atoms with van der Waals surface area (Å²) in [6, 6.07) is 7.28. The minimum Gasteiger partial charge on any atom is -0.477 e. The molecular weight excluding hydrogens is 260 g/mol. The zero-order valence-corrected chi connectivity index (χ0v) is 11.3. The molecule has 1 amide bonds. The van der Waals surface area contributed by atoms with E-state index in [9.17, 15) is 9.59 Å². The van der Waals surface area contributed by atoms with E-state index in [-0.39, 0.29) is 18.2 Å². The highest BCUT2D eigenvalue weighted by Gasteiger charge is 2.00. The zero-order valence-electron chi connectivity index (χ0n) is 11.3. The summed E-state index contributed by atoms with van der Waals surface area (Å²) < 4.78 is 0. The predicted molar refractivity (Wildman–Crippen MR) is 76.5 cm³/mol. The second-order valence-electron chi connectivity index (χ2n) is 3.99. The molecule has 0 saturated heterocycles. The van der Waals surface area contributed by atoms with Crippen molar-refractivity contribution in [2.45, 2.75) is 13.8 Å². The molecule has 2 N–H and O–H groups in total. The van der Waals surface area contributed by atoms with Gasteiger partial charge >= 0.3 is 5.97 Å². The van der Waals surface area contributed by atoms with Gasteiger partial charge in [-0.3, -0.25) is 4.79 Å². The standard InChI is InChI=1S/C14H16N2O4/c1-10(14(18)19)16-20-8-4-6-12-5-3-7-13(9-12)15-11(2)17/h3-7,9H,8H2,1-2H3,(H,15,17)(H,18,19)/b6-4+,16-10-. The van der Waals surface area contributed by atoms with E-state index >= 15 is 0 Å². The van der Waals surface area contributed by atoms with E-state index in [1.54, 1.807) is 18.2 Å². The van der Waals surface area contributed by atoms with Gasteiger partial charge in [0.1, 0.15) is 6.61 Å². The highest BCUT2D eigenvalue weighted by atomic mass is 16.6. The van der Waals surface area contributed by atoms with Crippen molar-refractivity contribution < 1.29 is 19.5 Å². The summed E-state index contributed by atoms with van der Waals surface area (Å²) in [5.41, 5.74) is 1.49. The quantitative estimate of drug-likeness (QED) is 0.473. The number of rotatable bonds is 6. The molecule has 0 fully saturated rings. The van der Waals surface area contributed by atoms with E-state index in [0.717, 1.165) is 5.56 Å². The number of carboxylic acid groups (broad SMARTS) is 1. The van der Waals surface area contributed by atoms with Gasteiger partial charge in [-0.25, -0.2) is 4.79 Å². The van der Waals surface area contributed by atoms with Crippen molar-refractivity contribution in [2.24, 2.45) is 5.16 Å². The molecule has 6 nitrogen and oxygen atoms in total. The van der Waals surface area contributed by atoms with Crippen molar-refractivity contribution in [2.75, 3.05) is 11.9 Å². The number of aliphatic carboxylic acids is 1. The van der Waals surface area contributed by atoms with E-state index in [1.807, 2.05) is 18.2 Å². The van der Waals surface area contributed by atoms with Crippen LogP contribution in [0.25, 0.3) is 6.08 Å². The van der Waals surface area contributed by atoms with E-state index in [2.05, 4.69) is 10.5 Å². The number of hydrogen-bond acceptors (Lipinski definition) is 4. The Labute approximate surface area is 116 Å². The highest BCUT2D eigenvalue weighted by Crippen LogP contribution is 2.11. The Kier molecular flexibility index (Phi) is 5.96. The number of benzene rings is 1. The first-order chi connectivity index (χ1) is 9.49. The monoisotopic (exact) mass is 276 g/mol. The highest BCUT2D eigenvalue weighted by molar-refractivity contribution is 6.34. The Morgan fingerprint density at radius 1 is 1.40 bits per heavy atom. The summed E-state index contributed by atoms with van der Waals surface area (Å²) in [5, 5.41) is 14.7. The predicted octanol–water partition coefficient (Wildman–Crippen LogP) is 2.14. The van der Waals surface area contributed by atoms with Gasteiger partial charge in [0.25, 0.3) is 0 Å². The lowest BCUT2D eigenvalue weighted by Gasteiger charge is -2.02. The molecule has 1 aromatic rings. The van der Waals surface area contributed by atoms with Crippen molar-refractivity contribution >= 4 is 29.4 Å². The van der Waals surface area contributed by atoms with Gasteiger partial charge < -0.3 is 15.3 Å². The molecular formula is C14H16N2O4. The number of nitrogens with one attached hydrogen (secondary N) is 1. The van der Waals surface area contributed by atoms with Crippen LogP contribution in [0.1, 0.15) is 19.4 Å². The molecule has 0 aliphatic carbocycles. The van der Waals surface area contributed by atoms with Gasteiger partial charge in [0, 0.05) is 12.6 Å². The molecule has 0 spiro atoms. The Morgan fingerprint density at radius 3 is 2.80 bits per heavy atom. The fourth-order valence-electron chi connectivity index (χ4n) is 1.32. The third-order valence-corrected chi connectivity index (χ3v) is 2.20. The average Bonchev–Trinajstić information content (AvgIpc) is 2.37. The first-order valence-electron chi connectivity index (χ1n) is 5.93. The second-order valence-corrected chi connectivity index (χ2v) is 3.99. The molecule has 0 radical (unpaired) electrons. The summed E-state index contributed by atoms with van der Waals surface area (Å²) in [5.74, 6) is -1.25. The summed E-state index contributed by atoms with van der Waals surface area (Å²) >= 11 is 0. The summed E-state index contributed by atoms with van der Waals surface area (Å²) in [4.78, 5) is 26.2. The molecule has 0 aromatic heterocycles. The molecule has 0 heterocycles. The summed E-state index contributed by atoms with van der Waals surface area (Å²) in [6.07, 6.45) is 3.49. The lowest BCUT2D eigenvalue weighted by atomic mass is 10.2. The van der Waals surface area contributed by atoms with Gasteiger partial charge in [-0.15, -0.1) is 0 Å². The molecule has 0 bridgehead atoms. The van der Waals surface area contributed by atoms with Crippen LogP contribution >= 0.6 is 0 Å². The fraction of sp³-hybridized carbons (Fsp3) is 0.214.